The van der Waals surface area contributed by atoms with Gasteiger partial charge in [-0.3, -0.25) is 14.9 Å². The Balaban J connectivity index is 2.22. The second kappa shape index (κ2) is 8.66. The molecule has 0 saturated heterocycles. The average molecular weight is 453 g/mol. The monoisotopic (exact) mass is 452 g/mol. The van der Waals surface area contributed by atoms with Crippen LogP contribution < -0.4 is 16.0 Å². The molecule has 2 rings (SSSR count). The molecular weight excluding hydrogens is 443 g/mol. The van der Waals surface area contributed by atoms with Crippen molar-refractivity contribution in [3.8, 4) is 0 Å². The number of alkyl halides is 3. The third-order valence-electron chi connectivity index (χ3n) is 3.38. The Morgan fingerprint density at radius 2 is 1.79 bits per heavy atom. The molecule has 0 fully saturated rings. The highest BCUT2D eigenvalue weighted by molar-refractivity contribution is 7.80. The molecule has 154 valence electrons. The average Bonchev–Trinajstić information content (AvgIpc) is 2.61. The van der Waals surface area contributed by atoms with Crippen molar-refractivity contribution in [3.05, 3.63) is 57.9 Å². The zero-order valence-electron chi connectivity index (χ0n) is 14.2. The lowest BCUT2D eigenvalue weighted by atomic mass is 10.1. The third kappa shape index (κ3) is 5.35. The Morgan fingerprint density at radius 3 is 2.34 bits per heavy atom. The summed E-state index contributed by atoms with van der Waals surface area (Å²) >= 11 is 10.5. The van der Waals surface area contributed by atoms with E-state index in [9.17, 15) is 31.5 Å². The Labute approximate surface area is 170 Å². The summed E-state index contributed by atoms with van der Waals surface area (Å²) in [7, 11) is 1.23. The van der Waals surface area contributed by atoms with E-state index in [-0.39, 0.29) is 0 Å². The number of aromatic nitrogens is 1. The number of carbonyl (C=O) groups is 2. The molecule has 2 amide bonds. The number of amides is 2. The number of rotatable bonds is 3. The number of nitrogens with zero attached hydrogens (tertiary/aromatic N) is 1. The summed E-state index contributed by atoms with van der Waals surface area (Å²) in [5.41, 5.74) is -2.70. The van der Waals surface area contributed by atoms with Gasteiger partial charge in [-0.2, -0.15) is 13.2 Å². The molecule has 0 aliphatic carbocycles. The first-order chi connectivity index (χ1) is 13.4. The highest BCUT2D eigenvalue weighted by Crippen LogP contribution is 2.31. The number of halogens is 6. The number of hydrogen-bond acceptors (Lipinski definition) is 4. The van der Waals surface area contributed by atoms with Crippen molar-refractivity contribution in [2.45, 2.75) is 6.18 Å². The molecule has 0 unspecified atom stereocenters. The predicted molar refractivity (Wildman–Crippen MR) is 97.7 cm³/mol. The Hall–Kier alpha value is -2.86. The number of thiocarbonyl (C=S) groups is 1. The van der Waals surface area contributed by atoms with Crippen LogP contribution in [0.3, 0.4) is 0 Å². The Bertz CT molecular complexity index is 1000. The molecule has 0 aliphatic heterocycles. The van der Waals surface area contributed by atoms with Gasteiger partial charge in [-0.1, -0.05) is 11.6 Å². The summed E-state index contributed by atoms with van der Waals surface area (Å²) in [4.78, 5) is 27.3. The smallest absolute Gasteiger partial charge is 0.355 e. The topological polar surface area (TPSA) is 83.1 Å². The molecule has 0 bridgehead atoms. The van der Waals surface area contributed by atoms with E-state index in [0.717, 1.165) is 6.07 Å². The molecule has 2 aromatic rings. The molecule has 0 radical (unpaired) electrons. The van der Waals surface area contributed by atoms with Gasteiger partial charge in [0.2, 0.25) is 0 Å². The minimum Gasteiger partial charge on any atom is -0.355 e. The van der Waals surface area contributed by atoms with Gasteiger partial charge >= 0.3 is 6.18 Å². The number of pyridine rings is 1. The van der Waals surface area contributed by atoms with Crippen LogP contribution in [0.25, 0.3) is 0 Å². The van der Waals surface area contributed by atoms with E-state index >= 15 is 0 Å². The molecule has 1 aromatic heterocycles. The molecule has 1 aromatic carbocycles. The summed E-state index contributed by atoms with van der Waals surface area (Å²) in [5, 5.41) is 5.30. The molecular formula is C16H10ClF5N4O2S. The van der Waals surface area contributed by atoms with Gasteiger partial charge in [0.15, 0.2) is 5.11 Å². The first-order valence-electron chi connectivity index (χ1n) is 7.50. The van der Waals surface area contributed by atoms with Gasteiger partial charge in [0.05, 0.1) is 21.8 Å². The minimum atomic E-state index is -4.71. The van der Waals surface area contributed by atoms with E-state index in [2.05, 4.69) is 15.6 Å². The summed E-state index contributed by atoms with van der Waals surface area (Å²) in [6, 6.07) is 1.72. The second-order valence-corrected chi connectivity index (χ2v) is 6.17. The molecule has 0 spiro atoms. The van der Waals surface area contributed by atoms with Crippen molar-refractivity contribution >= 4 is 46.4 Å². The van der Waals surface area contributed by atoms with Crippen LogP contribution in [0.1, 0.15) is 26.4 Å². The number of hydrogen-bond donors (Lipinski definition) is 3. The van der Waals surface area contributed by atoms with E-state index in [0.29, 0.717) is 18.3 Å². The van der Waals surface area contributed by atoms with Crippen molar-refractivity contribution in [3.63, 3.8) is 0 Å². The van der Waals surface area contributed by atoms with Gasteiger partial charge in [-0.05, 0) is 24.4 Å². The van der Waals surface area contributed by atoms with Crippen LogP contribution in [0, 0.1) is 11.6 Å². The largest absolute Gasteiger partial charge is 0.417 e. The fourth-order valence-corrected chi connectivity index (χ4v) is 2.53. The summed E-state index contributed by atoms with van der Waals surface area (Å²) in [6.07, 6.45) is -4.31. The minimum absolute atomic E-state index is 0.403. The Kier molecular flexibility index (Phi) is 6.69. The van der Waals surface area contributed by atoms with Crippen molar-refractivity contribution in [2.75, 3.05) is 12.4 Å². The molecule has 0 saturated carbocycles. The maximum absolute atomic E-state index is 14.1. The zero-order chi connectivity index (χ0) is 21.9. The van der Waals surface area contributed by atoms with Gasteiger partial charge in [0.1, 0.15) is 17.3 Å². The predicted octanol–water partition coefficient (Wildman–Crippen LogP) is 3.52. The van der Waals surface area contributed by atoms with Crippen LogP contribution in [0.4, 0.5) is 27.6 Å². The quantitative estimate of drug-likeness (QED) is 0.490. The number of anilines is 1. The van der Waals surface area contributed by atoms with Crippen molar-refractivity contribution < 1.29 is 31.5 Å². The highest BCUT2D eigenvalue weighted by atomic mass is 35.5. The van der Waals surface area contributed by atoms with Crippen LogP contribution in [-0.2, 0) is 6.18 Å². The SMILES string of the molecule is CNC(=O)c1cc(F)cc(F)c1NC(=S)NC(=O)c1ncc(C(F)(F)F)cc1Cl. The van der Waals surface area contributed by atoms with Crippen molar-refractivity contribution in [1.29, 1.82) is 0 Å². The van der Waals surface area contributed by atoms with E-state index in [4.69, 9.17) is 23.8 Å². The third-order valence-corrected chi connectivity index (χ3v) is 3.87. The van der Waals surface area contributed by atoms with Gasteiger partial charge in [-0.15, -0.1) is 0 Å². The van der Waals surface area contributed by atoms with Gasteiger partial charge < -0.3 is 10.6 Å². The van der Waals surface area contributed by atoms with E-state index in [1.807, 2.05) is 5.32 Å². The van der Waals surface area contributed by atoms with E-state index in [1.54, 1.807) is 0 Å². The molecule has 1 heterocycles. The lowest BCUT2D eigenvalue weighted by Crippen LogP contribution is -2.36. The second-order valence-electron chi connectivity index (χ2n) is 5.35. The number of carbonyl (C=O) groups excluding carboxylic acids is 2. The maximum Gasteiger partial charge on any atom is 0.417 e. The van der Waals surface area contributed by atoms with Gasteiger partial charge in [-0.25, -0.2) is 13.8 Å². The first-order valence-corrected chi connectivity index (χ1v) is 8.29. The van der Waals surface area contributed by atoms with Crippen LogP contribution >= 0.6 is 23.8 Å². The van der Waals surface area contributed by atoms with Crippen LogP contribution in [0.5, 0.6) is 0 Å². The number of nitrogens with one attached hydrogen (secondary N) is 3. The van der Waals surface area contributed by atoms with Gasteiger partial charge in [0.25, 0.3) is 11.8 Å². The van der Waals surface area contributed by atoms with Crippen molar-refractivity contribution in [1.82, 2.24) is 15.6 Å². The fraction of sp³-hybridized carbons (Fsp3) is 0.125. The standard InChI is InChI=1S/C16H10ClF5N4O2S/c1-23-13(27)8-3-7(18)4-10(19)11(8)25-15(29)26-14(28)12-9(17)2-6(5-24-12)16(20,21)22/h2-5H,1H3,(H,23,27)(H2,25,26,28,29). The van der Waals surface area contributed by atoms with Crippen LogP contribution in [0.15, 0.2) is 24.4 Å². The summed E-state index contributed by atoms with van der Waals surface area (Å²) in [5.74, 6) is -4.13. The lowest BCUT2D eigenvalue weighted by Gasteiger charge is -2.14. The summed E-state index contributed by atoms with van der Waals surface area (Å²) in [6.45, 7) is 0. The number of benzene rings is 1. The normalized spacial score (nSPS) is 11.0. The molecule has 6 nitrogen and oxygen atoms in total. The maximum atomic E-state index is 14.1. The van der Waals surface area contributed by atoms with Crippen LogP contribution in [0.2, 0.25) is 5.02 Å². The molecule has 0 aliphatic rings. The first kappa shape index (κ1) is 22.4. The van der Waals surface area contributed by atoms with E-state index in [1.165, 1.54) is 7.05 Å². The lowest BCUT2D eigenvalue weighted by molar-refractivity contribution is -0.137. The van der Waals surface area contributed by atoms with Crippen LogP contribution in [-0.4, -0.2) is 29.0 Å². The molecule has 3 N–H and O–H groups in total. The molecule has 13 heteroatoms. The highest BCUT2D eigenvalue weighted by Gasteiger charge is 2.32. The zero-order valence-corrected chi connectivity index (χ0v) is 15.8. The molecule has 0 atom stereocenters. The van der Waals surface area contributed by atoms with E-state index < -0.39 is 62.3 Å². The van der Waals surface area contributed by atoms with Crippen molar-refractivity contribution in [2.24, 2.45) is 0 Å². The van der Waals surface area contributed by atoms with Gasteiger partial charge in [0, 0.05) is 19.3 Å². The Morgan fingerprint density at radius 1 is 1.14 bits per heavy atom. The molecule has 29 heavy (non-hydrogen) atoms. The summed E-state index contributed by atoms with van der Waals surface area (Å²) < 4.78 is 65.3. The fourth-order valence-electron chi connectivity index (χ4n) is 2.08.